The molecule has 0 radical (unpaired) electrons. The van der Waals surface area contributed by atoms with Crippen molar-refractivity contribution < 1.29 is 4.74 Å². The van der Waals surface area contributed by atoms with Crippen molar-refractivity contribution >= 4 is 28.3 Å². The van der Waals surface area contributed by atoms with E-state index in [0.29, 0.717) is 0 Å². The summed E-state index contributed by atoms with van der Waals surface area (Å²) in [5.41, 5.74) is 7.83. The Hall–Kier alpha value is -1.23. The zero-order chi connectivity index (χ0) is 12.8. The van der Waals surface area contributed by atoms with Gasteiger partial charge >= 0.3 is 0 Å². The maximum absolute atomic E-state index is 5.74. The molecule has 94 valence electrons. The van der Waals surface area contributed by atoms with Crippen LogP contribution in [0.5, 0.6) is 5.75 Å². The standard InChI is InChI=1S/C15H16INO/c16-13-6-2-8-15(11-13)18-9-3-5-12-4-1-7-14(17)10-12/h1-2,4,6-8,10-11H,3,5,9,17H2. The number of benzene rings is 2. The summed E-state index contributed by atoms with van der Waals surface area (Å²) in [4.78, 5) is 0. The summed E-state index contributed by atoms with van der Waals surface area (Å²) in [6, 6.07) is 16.1. The Morgan fingerprint density at radius 2 is 1.89 bits per heavy atom. The van der Waals surface area contributed by atoms with Gasteiger partial charge in [0.25, 0.3) is 0 Å². The Kier molecular flexibility index (Phi) is 4.87. The van der Waals surface area contributed by atoms with Gasteiger partial charge in [-0.15, -0.1) is 0 Å². The minimum Gasteiger partial charge on any atom is -0.494 e. The Morgan fingerprint density at radius 3 is 2.67 bits per heavy atom. The number of nitrogen functional groups attached to an aromatic ring is 1. The van der Waals surface area contributed by atoms with E-state index < -0.39 is 0 Å². The van der Waals surface area contributed by atoms with E-state index in [1.807, 2.05) is 36.4 Å². The van der Waals surface area contributed by atoms with Gasteiger partial charge in [0.2, 0.25) is 0 Å². The number of rotatable bonds is 5. The molecule has 0 saturated carbocycles. The summed E-state index contributed by atoms with van der Waals surface area (Å²) in [5.74, 6) is 0.939. The van der Waals surface area contributed by atoms with Crippen LogP contribution in [0, 0.1) is 3.57 Å². The quantitative estimate of drug-likeness (QED) is 0.503. The molecule has 0 aliphatic heterocycles. The van der Waals surface area contributed by atoms with Crippen molar-refractivity contribution in [3.63, 3.8) is 0 Å². The fourth-order valence-corrected chi connectivity index (χ4v) is 2.29. The summed E-state index contributed by atoms with van der Waals surface area (Å²) in [5, 5.41) is 0. The molecule has 0 atom stereocenters. The first-order valence-electron chi connectivity index (χ1n) is 5.97. The third-order valence-corrected chi connectivity index (χ3v) is 3.30. The van der Waals surface area contributed by atoms with Crippen molar-refractivity contribution in [1.82, 2.24) is 0 Å². The van der Waals surface area contributed by atoms with Gasteiger partial charge in [-0.2, -0.15) is 0 Å². The van der Waals surface area contributed by atoms with Crippen LogP contribution >= 0.6 is 22.6 Å². The van der Waals surface area contributed by atoms with Gasteiger partial charge in [-0.1, -0.05) is 18.2 Å². The topological polar surface area (TPSA) is 35.2 Å². The Labute approximate surface area is 121 Å². The molecule has 18 heavy (non-hydrogen) atoms. The first-order chi connectivity index (χ1) is 8.74. The van der Waals surface area contributed by atoms with Gasteiger partial charge in [-0.05, 0) is 71.3 Å². The molecule has 0 heterocycles. The molecule has 0 aliphatic rings. The van der Waals surface area contributed by atoms with Gasteiger partial charge in [-0.25, -0.2) is 0 Å². The van der Waals surface area contributed by atoms with E-state index >= 15 is 0 Å². The number of ether oxygens (including phenoxy) is 1. The number of halogens is 1. The molecule has 2 nitrogen and oxygen atoms in total. The molecule has 2 N–H and O–H groups in total. The Balaban J connectivity index is 1.76. The summed E-state index contributed by atoms with van der Waals surface area (Å²) >= 11 is 2.29. The number of anilines is 1. The first kappa shape index (κ1) is 13.2. The van der Waals surface area contributed by atoms with Crippen LogP contribution in [0.4, 0.5) is 5.69 Å². The van der Waals surface area contributed by atoms with Gasteiger partial charge in [-0.3, -0.25) is 0 Å². The van der Waals surface area contributed by atoms with Crippen LogP contribution in [-0.4, -0.2) is 6.61 Å². The molecule has 0 bridgehead atoms. The molecule has 2 aromatic rings. The van der Waals surface area contributed by atoms with Gasteiger partial charge in [0.15, 0.2) is 0 Å². The molecule has 0 fully saturated rings. The lowest BCUT2D eigenvalue weighted by Crippen LogP contribution is -1.99. The monoisotopic (exact) mass is 353 g/mol. The van der Waals surface area contributed by atoms with Gasteiger partial charge in [0.1, 0.15) is 5.75 Å². The molecular weight excluding hydrogens is 337 g/mol. The van der Waals surface area contributed by atoms with Gasteiger partial charge < -0.3 is 10.5 Å². The minimum atomic E-state index is 0.731. The highest BCUT2D eigenvalue weighted by Crippen LogP contribution is 2.15. The average molecular weight is 353 g/mol. The maximum Gasteiger partial charge on any atom is 0.120 e. The predicted molar refractivity (Wildman–Crippen MR) is 83.8 cm³/mol. The lowest BCUT2D eigenvalue weighted by molar-refractivity contribution is 0.311. The molecule has 0 spiro atoms. The smallest absolute Gasteiger partial charge is 0.120 e. The lowest BCUT2D eigenvalue weighted by atomic mass is 10.1. The van der Waals surface area contributed by atoms with Crippen LogP contribution in [0.1, 0.15) is 12.0 Å². The highest BCUT2D eigenvalue weighted by Gasteiger charge is 1.97. The van der Waals surface area contributed by atoms with E-state index in [1.54, 1.807) is 0 Å². The van der Waals surface area contributed by atoms with Crippen molar-refractivity contribution in [2.45, 2.75) is 12.8 Å². The number of nitrogens with two attached hydrogens (primary N) is 1. The minimum absolute atomic E-state index is 0.731. The second kappa shape index (κ2) is 6.64. The Morgan fingerprint density at radius 1 is 1.06 bits per heavy atom. The van der Waals surface area contributed by atoms with Crippen LogP contribution < -0.4 is 10.5 Å². The third kappa shape index (κ3) is 4.22. The molecule has 2 aromatic carbocycles. The van der Waals surface area contributed by atoms with Crippen LogP contribution in [0.25, 0.3) is 0 Å². The molecule has 0 aromatic heterocycles. The van der Waals surface area contributed by atoms with Gasteiger partial charge in [0, 0.05) is 9.26 Å². The number of aryl methyl sites for hydroxylation is 1. The molecule has 0 unspecified atom stereocenters. The van der Waals surface area contributed by atoms with Crippen LogP contribution in [0.2, 0.25) is 0 Å². The molecule has 2 rings (SSSR count). The van der Waals surface area contributed by atoms with Crippen molar-refractivity contribution in [2.75, 3.05) is 12.3 Å². The van der Waals surface area contributed by atoms with Crippen molar-refractivity contribution in [3.8, 4) is 5.75 Å². The summed E-state index contributed by atoms with van der Waals surface area (Å²) in [6.45, 7) is 0.731. The summed E-state index contributed by atoms with van der Waals surface area (Å²) in [6.07, 6.45) is 1.99. The fourth-order valence-electron chi connectivity index (χ4n) is 1.77. The van der Waals surface area contributed by atoms with E-state index in [1.165, 1.54) is 9.13 Å². The second-order valence-corrected chi connectivity index (χ2v) is 5.40. The van der Waals surface area contributed by atoms with Gasteiger partial charge in [0.05, 0.1) is 6.61 Å². The maximum atomic E-state index is 5.74. The highest BCUT2D eigenvalue weighted by molar-refractivity contribution is 14.1. The van der Waals surface area contributed by atoms with Crippen molar-refractivity contribution in [3.05, 3.63) is 57.7 Å². The largest absolute Gasteiger partial charge is 0.494 e. The van der Waals surface area contributed by atoms with Crippen LogP contribution in [0.3, 0.4) is 0 Å². The normalized spacial score (nSPS) is 10.3. The molecule has 3 heteroatoms. The Bertz CT molecular complexity index is 466. The predicted octanol–water partition coefficient (Wildman–Crippen LogP) is 3.89. The first-order valence-corrected chi connectivity index (χ1v) is 7.05. The zero-order valence-corrected chi connectivity index (χ0v) is 12.3. The molecule has 0 amide bonds. The summed E-state index contributed by atoms with van der Waals surface area (Å²) < 4.78 is 6.90. The molecule has 0 saturated heterocycles. The summed E-state index contributed by atoms with van der Waals surface area (Å²) in [7, 11) is 0. The fraction of sp³-hybridized carbons (Fsp3) is 0.200. The lowest BCUT2D eigenvalue weighted by Gasteiger charge is -2.06. The van der Waals surface area contributed by atoms with Crippen LogP contribution in [-0.2, 0) is 6.42 Å². The second-order valence-electron chi connectivity index (χ2n) is 4.15. The number of hydrogen-bond acceptors (Lipinski definition) is 2. The van der Waals surface area contributed by atoms with E-state index in [0.717, 1.165) is 30.9 Å². The van der Waals surface area contributed by atoms with E-state index in [2.05, 4.69) is 34.7 Å². The van der Waals surface area contributed by atoms with E-state index in [9.17, 15) is 0 Å². The van der Waals surface area contributed by atoms with E-state index in [-0.39, 0.29) is 0 Å². The average Bonchev–Trinajstić information content (AvgIpc) is 2.35. The van der Waals surface area contributed by atoms with Crippen molar-refractivity contribution in [1.29, 1.82) is 0 Å². The third-order valence-electron chi connectivity index (χ3n) is 2.63. The van der Waals surface area contributed by atoms with E-state index in [4.69, 9.17) is 10.5 Å². The number of hydrogen-bond donors (Lipinski definition) is 1. The van der Waals surface area contributed by atoms with Crippen LogP contribution in [0.15, 0.2) is 48.5 Å². The highest BCUT2D eigenvalue weighted by atomic mass is 127. The molecular formula is C15H16INO. The van der Waals surface area contributed by atoms with Crippen molar-refractivity contribution in [2.24, 2.45) is 0 Å². The SMILES string of the molecule is Nc1cccc(CCCOc2cccc(I)c2)c1. The molecule has 0 aliphatic carbocycles. The zero-order valence-electron chi connectivity index (χ0n) is 10.1.